The van der Waals surface area contributed by atoms with Crippen LogP contribution in [-0.4, -0.2) is 43.0 Å². The normalized spacial score (nSPS) is 10.2. The van der Waals surface area contributed by atoms with Gasteiger partial charge in [0.1, 0.15) is 5.02 Å². The molecule has 0 saturated heterocycles. The molecule has 8 heteroatoms. The van der Waals surface area contributed by atoms with Gasteiger partial charge in [-0.1, -0.05) is 17.7 Å². The van der Waals surface area contributed by atoms with Crippen molar-refractivity contribution in [3.05, 3.63) is 38.9 Å². The molecule has 0 unspecified atom stereocenters. The molecule has 1 aromatic rings. The molecule has 7 nitrogen and oxygen atoms in total. The molecule has 0 aliphatic heterocycles. The second-order valence-electron chi connectivity index (χ2n) is 4.35. The summed E-state index contributed by atoms with van der Waals surface area (Å²) in [6, 6.07) is 4.51. The molecule has 0 radical (unpaired) electrons. The molecule has 1 rings (SSSR count). The van der Waals surface area contributed by atoms with Crippen molar-refractivity contribution in [2.45, 2.75) is 6.54 Å². The van der Waals surface area contributed by atoms with E-state index in [1.807, 2.05) is 0 Å². The molecule has 0 aromatic heterocycles. The van der Waals surface area contributed by atoms with E-state index in [-0.39, 0.29) is 16.7 Å². The first-order chi connectivity index (χ1) is 9.41. The summed E-state index contributed by atoms with van der Waals surface area (Å²) in [5.41, 5.74) is 0.659. The molecule has 0 aliphatic rings. The Balaban J connectivity index is 2.38. The molecular weight excluding hydrogens is 284 g/mol. The number of nitro benzene ring substituents is 1. The van der Waals surface area contributed by atoms with Crippen molar-refractivity contribution in [3.63, 3.8) is 0 Å². The third-order valence-corrected chi connectivity index (χ3v) is 2.84. The molecule has 20 heavy (non-hydrogen) atoms. The van der Waals surface area contributed by atoms with Crippen molar-refractivity contribution in [2.24, 2.45) is 0 Å². The third kappa shape index (κ3) is 5.02. The van der Waals surface area contributed by atoms with E-state index in [1.54, 1.807) is 20.2 Å². The van der Waals surface area contributed by atoms with E-state index >= 15 is 0 Å². The molecular formula is C12H17ClN4O3. The van der Waals surface area contributed by atoms with E-state index in [4.69, 9.17) is 11.6 Å². The van der Waals surface area contributed by atoms with Gasteiger partial charge in [-0.25, -0.2) is 4.79 Å². The van der Waals surface area contributed by atoms with Gasteiger partial charge in [0.05, 0.1) is 4.92 Å². The predicted molar refractivity (Wildman–Crippen MR) is 76.9 cm³/mol. The van der Waals surface area contributed by atoms with Gasteiger partial charge in [-0.3, -0.25) is 10.1 Å². The number of benzene rings is 1. The lowest BCUT2D eigenvalue weighted by molar-refractivity contribution is -0.384. The molecule has 0 atom stereocenters. The number of nitrogens with zero attached hydrogens (tertiary/aromatic N) is 2. The molecule has 1 aromatic carbocycles. The van der Waals surface area contributed by atoms with Crippen molar-refractivity contribution >= 4 is 23.3 Å². The van der Waals surface area contributed by atoms with Crippen LogP contribution in [0.25, 0.3) is 0 Å². The fourth-order valence-corrected chi connectivity index (χ4v) is 1.64. The Hall–Kier alpha value is -1.86. The monoisotopic (exact) mass is 300 g/mol. The molecule has 0 fully saturated rings. The molecule has 2 N–H and O–H groups in total. The van der Waals surface area contributed by atoms with Crippen LogP contribution >= 0.6 is 11.6 Å². The van der Waals surface area contributed by atoms with Crippen molar-refractivity contribution in [2.75, 3.05) is 27.2 Å². The topological polar surface area (TPSA) is 87.5 Å². The lowest BCUT2D eigenvalue weighted by Gasteiger charge is -2.12. The minimum absolute atomic E-state index is 0.105. The highest BCUT2D eigenvalue weighted by atomic mass is 35.5. The maximum atomic E-state index is 11.2. The predicted octanol–water partition coefficient (Wildman–Crippen LogP) is 1.61. The standard InChI is InChI=1S/C12H17ClN4O3/c1-16(2)12(18)15-6-5-14-8-9-3-4-10(13)11(7-9)17(19)20/h3-4,7,14H,5-6,8H2,1-2H3,(H,15,18). The maximum absolute atomic E-state index is 11.2. The Morgan fingerprint density at radius 3 is 2.70 bits per heavy atom. The van der Waals surface area contributed by atoms with Gasteiger partial charge in [0.15, 0.2) is 0 Å². The molecule has 0 heterocycles. The number of hydrogen-bond donors (Lipinski definition) is 2. The van der Waals surface area contributed by atoms with Crippen molar-refractivity contribution in [1.29, 1.82) is 0 Å². The SMILES string of the molecule is CN(C)C(=O)NCCNCc1ccc(Cl)c([N+](=O)[O-])c1. The van der Waals surface area contributed by atoms with Crippen LogP contribution in [0, 0.1) is 10.1 Å². The average Bonchev–Trinajstić information content (AvgIpc) is 2.39. The van der Waals surface area contributed by atoms with Gasteiger partial charge >= 0.3 is 6.03 Å². The molecule has 0 aliphatic carbocycles. The number of halogens is 1. The lowest BCUT2D eigenvalue weighted by atomic mass is 10.2. The first kappa shape index (κ1) is 16.2. The largest absolute Gasteiger partial charge is 0.337 e. The van der Waals surface area contributed by atoms with Crippen LogP contribution in [0.15, 0.2) is 18.2 Å². The Kier molecular flexibility index (Phi) is 6.20. The van der Waals surface area contributed by atoms with Gasteiger partial charge in [-0.15, -0.1) is 0 Å². The second kappa shape index (κ2) is 7.66. The summed E-state index contributed by atoms with van der Waals surface area (Å²) in [4.78, 5) is 22.9. The van der Waals surface area contributed by atoms with Gasteiger partial charge in [-0.2, -0.15) is 0 Å². The van der Waals surface area contributed by atoms with Crippen molar-refractivity contribution in [3.8, 4) is 0 Å². The van der Waals surface area contributed by atoms with Crippen molar-refractivity contribution in [1.82, 2.24) is 15.5 Å². The highest BCUT2D eigenvalue weighted by Crippen LogP contribution is 2.24. The average molecular weight is 301 g/mol. The highest BCUT2D eigenvalue weighted by molar-refractivity contribution is 6.32. The molecule has 2 amide bonds. The molecule has 0 spiro atoms. The minimum Gasteiger partial charge on any atom is -0.337 e. The fraction of sp³-hybridized carbons (Fsp3) is 0.417. The van der Waals surface area contributed by atoms with Gasteiger partial charge in [0.2, 0.25) is 0 Å². The van der Waals surface area contributed by atoms with Gasteiger partial charge in [0, 0.05) is 39.8 Å². The Morgan fingerprint density at radius 2 is 2.10 bits per heavy atom. The number of nitro groups is 1. The van der Waals surface area contributed by atoms with Crippen LogP contribution in [-0.2, 0) is 6.54 Å². The third-order valence-electron chi connectivity index (χ3n) is 2.52. The van der Waals surface area contributed by atoms with Crippen LogP contribution in [0.2, 0.25) is 5.02 Å². The Labute approximate surface area is 122 Å². The summed E-state index contributed by atoms with van der Waals surface area (Å²) in [7, 11) is 3.32. The summed E-state index contributed by atoms with van der Waals surface area (Å²) in [6.07, 6.45) is 0. The molecule has 0 saturated carbocycles. The van der Waals surface area contributed by atoms with Crippen LogP contribution in [0.4, 0.5) is 10.5 Å². The summed E-state index contributed by atoms with van der Waals surface area (Å²) >= 11 is 5.73. The van der Waals surface area contributed by atoms with Crippen LogP contribution < -0.4 is 10.6 Å². The number of amides is 2. The zero-order valence-corrected chi connectivity index (χ0v) is 12.1. The fourth-order valence-electron chi connectivity index (χ4n) is 1.46. The summed E-state index contributed by atoms with van der Waals surface area (Å²) in [6.45, 7) is 1.51. The van der Waals surface area contributed by atoms with Gasteiger partial charge in [0.25, 0.3) is 5.69 Å². The van der Waals surface area contributed by atoms with Crippen molar-refractivity contribution < 1.29 is 9.72 Å². The van der Waals surface area contributed by atoms with Crippen LogP contribution in [0.5, 0.6) is 0 Å². The van der Waals surface area contributed by atoms with E-state index in [0.29, 0.717) is 19.6 Å². The van der Waals surface area contributed by atoms with E-state index < -0.39 is 4.92 Å². The zero-order valence-electron chi connectivity index (χ0n) is 11.4. The van der Waals surface area contributed by atoms with E-state index in [2.05, 4.69) is 10.6 Å². The zero-order chi connectivity index (χ0) is 15.1. The number of nitrogens with one attached hydrogen (secondary N) is 2. The van der Waals surface area contributed by atoms with Gasteiger partial charge < -0.3 is 15.5 Å². The lowest BCUT2D eigenvalue weighted by Crippen LogP contribution is -2.38. The number of carbonyl (C=O) groups is 1. The smallest absolute Gasteiger partial charge is 0.316 e. The first-order valence-corrected chi connectivity index (χ1v) is 6.38. The van der Waals surface area contributed by atoms with E-state index in [1.165, 1.54) is 17.0 Å². The number of hydrogen-bond acceptors (Lipinski definition) is 4. The first-order valence-electron chi connectivity index (χ1n) is 6.00. The van der Waals surface area contributed by atoms with E-state index in [0.717, 1.165) is 5.56 Å². The number of carbonyl (C=O) groups excluding carboxylic acids is 1. The summed E-state index contributed by atoms with van der Waals surface area (Å²) in [5.74, 6) is 0. The highest BCUT2D eigenvalue weighted by Gasteiger charge is 2.12. The van der Waals surface area contributed by atoms with E-state index in [9.17, 15) is 14.9 Å². The molecule has 110 valence electrons. The Bertz CT molecular complexity index is 494. The summed E-state index contributed by atoms with van der Waals surface area (Å²) < 4.78 is 0. The maximum Gasteiger partial charge on any atom is 0.316 e. The number of rotatable bonds is 6. The second-order valence-corrected chi connectivity index (χ2v) is 4.75. The minimum atomic E-state index is -0.511. The quantitative estimate of drug-likeness (QED) is 0.474. The van der Waals surface area contributed by atoms with Gasteiger partial charge in [-0.05, 0) is 11.6 Å². The van der Waals surface area contributed by atoms with Crippen LogP contribution in [0.1, 0.15) is 5.56 Å². The summed E-state index contributed by atoms with van der Waals surface area (Å²) in [5, 5.41) is 16.6. The number of urea groups is 1. The Morgan fingerprint density at radius 1 is 1.40 bits per heavy atom. The molecule has 0 bridgehead atoms. The van der Waals surface area contributed by atoms with Crippen LogP contribution in [0.3, 0.4) is 0 Å².